The molecule has 0 amide bonds. The third kappa shape index (κ3) is 5.38. The lowest BCUT2D eigenvalue weighted by atomic mass is 9.93. The van der Waals surface area contributed by atoms with Gasteiger partial charge >= 0.3 is 17.7 Å². The number of hydrogen-bond donors (Lipinski definition) is 0. The average molecular weight is 577 g/mol. The van der Waals surface area contributed by atoms with Gasteiger partial charge in [-0.3, -0.25) is 4.79 Å². The second-order valence-electron chi connectivity index (χ2n) is 8.41. The van der Waals surface area contributed by atoms with Gasteiger partial charge in [0, 0.05) is 31.8 Å². The normalized spacial score (nSPS) is 16.5. The number of benzene rings is 2. The third-order valence-electron chi connectivity index (χ3n) is 5.87. The van der Waals surface area contributed by atoms with E-state index in [2.05, 4.69) is 18.7 Å². The number of ether oxygens (including phenoxy) is 3. The molecule has 0 fully saturated rings. The lowest BCUT2D eigenvalue weighted by molar-refractivity contribution is -0.191. The predicted octanol–water partition coefficient (Wildman–Crippen LogP) is 8.04. The number of cyclic esters (lactones) is 1. The van der Waals surface area contributed by atoms with Gasteiger partial charge < -0.3 is 19.1 Å². The zero-order valence-corrected chi connectivity index (χ0v) is 23.7. The van der Waals surface area contributed by atoms with E-state index >= 15 is 0 Å². The van der Waals surface area contributed by atoms with E-state index in [1.165, 1.54) is 6.92 Å². The maximum Gasteiger partial charge on any atom is 0.344 e. The molecule has 0 bridgehead atoms. The monoisotopic (exact) mass is 575 g/mol. The largest absolute Gasteiger partial charge is 0.493 e. The van der Waals surface area contributed by atoms with Crippen LogP contribution in [0.25, 0.3) is 0 Å². The highest BCUT2D eigenvalue weighted by Gasteiger charge is 2.55. The lowest BCUT2D eigenvalue weighted by Gasteiger charge is -2.32. The van der Waals surface area contributed by atoms with Gasteiger partial charge in [-0.25, -0.2) is 4.79 Å². The van der Waals surface area contributed by atoms with Gasteiger partial charge in [0.25, 0.3) is 0 Å². The summed E-state index contributed by atoms with van der Waals surface area (Å²) in [5.74, 6) is -3.26. The van der Waals surface area contributed by atoms with Crippen LogP contribution in [-0.4, -0.2) is 31.6 Å². The number of carbonyl (C=O) groups excluding carboxylic acids is 2. The van der Waals surface area contributed by atoms with E-state index in [4.69, 9.17) is 60.6 Å². The van der Waals surface area contributed by atoms with Crippen LogP contribution in [-0.2, 0) is 20.1 Å². The van der Waals surface area contributed by atoms with E-state index in [1.807, 2.05) is 19.1 Å². The first kappa shape index (κ1) is 28.7. The van der Waals surface area contributed by atoms with Crippen LogP contribution in [0.2, 0.25) is 20.1 Å². The standard InChI is InChI=1S/C26H29Cl4NO5/c1-5-8-12-31(13-9-6-2)16-10-11-17(18(14-16)34-7-3)26(35-15(4)32)20-19(25(33)36-26)21(27)23(29)24(30)22(20)28/h10-11,14H,5-9,12-13H2,1-4H3. The number of hydrogen-bond acceptors (Lipinski definition) is 6. The highest BCUT2D eigenvalue weighted by Crippen LogP contribution is 2.55. The molecule has 1 atom stereocenters. The molecule has 36 heavy (non-hydrogen) atoms. The van der Waals surface area contributed by atoms with E-state index < -0.39 is 17.7 Å². The number of carbonyl (C=O) groups is 2. The van der Waals surface area contributed by atoms with Crippen molar-refractivity contribution in [3.8, 4) is 5.75 Å². The molecule has 0 spiro atoms. The molecule has 3 rings (SSSR count). The fraction of sp³-hybridized carbons (Fsp3) is 0.462. The molecule has 196 valence electrons. The molecule has 0 radical (unpaired) electrons. The average Bonchev–Trinajstić information content (AvgIpc) is 3.13. The van der Waals surface area contributed by atoms with Crippen molar-refractivity contribution >= 4 is 64.0 Å². The van der Waals surface area contributed by atoms with Crippen LogP contribution < -0.4 is 9.64 Å². The molecule has 6 nitrogen and oxygen atoms in total. The lowest BCUT2D eigenvalue weighted by Crippen LogP contribution is -2.34. The summed E-state index contributed by atoms with van der Waals surface area (Å²) in [5.41, 5.74) is 1.10. The molecule has 0 aliphatic carbocycles. The Bertz CT molecular complexity index is 1150. The first-order chi connectivity index (χ1) is 17.1. The molecule has 2 aromatic rings. The van der Waals surface area contributed by atoms with Crippen molar-refractivity contribution in [3.05, 3.63) is 55.0 Å². The van der Waals surface area contributed by atoms with Gasteiger partial charge in [0.05, 0.1) is 43.4 Å². The number of fused-ring (bicyclic) bond motifs is 1. The predicted molar refractivity (Wildman–Crippen MR) is 144 cm³/mol. The van der Waals surface area contributed by atoms with Gasteiger partial charge in [0.1, 0.15) is 5.75 Å². The molecule has 0 saturated carbocycles. The molecule has 2 aromatic carbocycles. The summed E-state index contributed by atoms with van der Waals surface area (Å²) in [4.78, 5) is 27.7. The second kappa shape index (κ2) is 12.1. The van der Waals surface area contributed by atoms with Gasteiger partial charge in [-0.1, -0.05) is 73.1 Å². The van der Waals surface area contributed by atoms with E-state index in [1.54, 1.807) is 6.07 Å². The van der Waals surface area contributed by atoms with E-state index in [-0.39, 0.29) is 36.8 Å². The van der Waals surface area contributed by atoms with Gasteiger partial charge in [-0.15, -0.1) is 0 Å². The highest BCUT2D eigenvalue weighted by atomic mass is 35.5. The molecule has 0 aromatic heterocycles. The number of anilines is 1. The number of nitrogens with zero attached hydrogens (tertiary/aromatic N) is 1. The minimum absolute atomic E-state index is 0.00583. The Balaban J connectivity index is 2.27. The summed E-state index contributed by atoms with van der Waals surface area (Å²) in [6.45, 7) is 9.39. The fourth-order valence-corrected chi connectivity index (χ4v) is 5.26. The Morgan fingerprint density at radius 3 is 2.14 bits per heavy atom. The van der Waals surface area contributed by atoms with Crippen LogP contribution in [0.1, 0.15) is 74.9 Å². The number of esters is 2. The van der Waals surface area contributed by atoms with Crippen molar-refractivity contribution < 1.29 is 23.8 Å². The van der Waals surface area contributed by atoms with Crippen LogP contribution in [0.4, 0.5) is 5.69 Å². The molecule has 1 aliphatic heterocycles. The van der Waals surface area contributed by atoms with Gasteiger partial charge in [0.2, 0.25) is 0 Å². The summed E-state index contributed by atoms with van der Waals surface area (Å²) < 4.78 is 17.4. The van der Waals surface area contributed by atoms with Crippen LogP contribution >= 0.6 is 46.4 Å². The molecular formula is C26H29Cl4NO5. The molecule has 0 N–H and O–H groups in total. The van der Waals surface area contributed by atoms with Crippen molar-refractivity contribution in [1.82, 2.24) is 0 Å². The van der Waals surface area contributed by atoms with Crippen LogP contribution in [0, 0.1) is 0 Å². The van der Waals surface area contributed by atoms with Crippen molar-refractivity contribution in [2.45, 2.75) is 59.2 Å². The minimum Gasteiger partial charge on any atom is -0.493 e. The molecule has 10 heteroatoms. The van der Waals surface area contributed by atoms with E-state index in [0.717, 1.165) is 44.5 Å². The van der Waals surface area contributed by atoms with Crippen molar-refractivity contribution in [1.29, 1.82) is 0 Å². The first-order valence-electron chi connectivity index (χ1n) is 11.9. The fourth-order valence-electron chi connectivity index (χ4n) is 4.21. The summed E-state index contributed by atoms with van der Waals surface area (Å²) in [7, 11) is 0. The van der Waals surface area contributed by atoms with Crippen LogP contribution in [0.3, 0.4) is 0 Å². The zero-order chi connectivity index (χ0) is 26.6. The van der Waals surface area contributed by atoms with Crippen molar-refractivity contribution in [2.24, 2.45) is 0 Å². The minimum atomic E-state index is -2.06. The van der Waals surface area contributed by atoms with Gasteiger partial charge in [0.15, 0.2) is 0 Å². The van der Waals surface area contributed by atoms with Crippen LogP contribution in [0.5, 0.6) is 5.75 Å². The smallest absolute Gasteiger partial charge is 0.344 e. The van der Waals surface area contributed by atoms with E-state index in [9.17, 15) is 9.59 Å². The summed E-state index contributed by atoms with van der Waals surface area (Å²) in [6, 6.07) is 5.45. The second-order valence-corrected chi connectivity index (χ2v) is 9.93. The number of rotatable bonds is 11. The summed E-state index contributed by atoms with van der Waals surface area (Å²) in [5, 5.41) is -0.426. The van der Waals surface area contributed by atoms with Crippen LogP contribution in [0.15, 0.2) is 18.2 Å². The maximum atomic E-state index is 13.0. The quantitative estimate of drug-likeness (QED) is 0.153. The van der Waals surface area contributed by atoms with E-state index in [0.29, 0.717) is 12.4 Å². The Kier molecular flexibility index (Phi) is 9.67. The van der Waals surface area contributed by atoms with Crippen molar-refractivity contribution in [2.75, 3.05) is 24.6 Å². The maximum absolute atomic E-state index is 13.0. The topological polar surface area (TPSA) is 65.1 Å². The Hall–Kier alpha value is -1.86. The van der Waals surface area contributed by atoms with Crippen molar-refractivity contribution in [3.63, 3.8) is 0 Å². The first-order valence-corrected chi connectivity index (χ1v) is 13.5. The molecular weight excluding hydrogens is 548 g/mol. The van der Waals surface area contributed by atoms with Gasteiger partial charge in [-0.05, 0) is 31.9 Å². The zero-order valence-electron chi connectivity index (χ0n) is 20.7. The molecule has 0 saturated heterocycles. The SMILES string of the molecule is CCCCN(CCCC)c1ccc(C2(OC(C)=O)OC(=O)c3c(Cl)c(Cl)c(Cl)c(Cl)c32)c(OCC)c1. The summed E-state index contributed by atoms with van der Waals surface area (Å²) in [6.07, 6.45) is 4.18. The number of unbranched alkanes of at least 4 members (excludes halogenated alkanes) is 2. The Morgan fingerprint density at radius 2 is 1.58 bits per heavy atom. The number of halogens is 4. The highest BCUT2D eigenvalue weighted by molar-refractivity contribution is 6.53. The molecule has 1 aliphatic rings. The summed E-state index contributed by atoms with van der Waals surface area (Å²) >= 11 is 25.5. The Morgan fingerprint density at radius 1 is 0.972 bits per heavy atom. The van der Waals surface area contributed by atoms with Gasteiger partial charge in [-0.2, -0.15) is 0 Å². The Labute approximate surface area is 231 Å². The molecule has 1 unspecified atom stereocenters. The molecule has 1 heterocycles. The third-order valence-corrected chi connectivity index (χ3v) is 7.67.